The molecular weight excluding hydrogens is 377 g/mol. The molecule has 0 aliphatic carbocycles. The minimum atomic E-state index is -0.452. The van der Waals surface area contributed by atoms with Gasteiger partial charge in [-0.25, -0.2) is 14.4 Å². The predicted molar refractivity (Wildman–Crippen MR) is 110 cm³/mol. The molecule has 3 aromatic rings. The summed E-state index contributed by atoms with van der Waals surface area (Å²) < 4.78 is 13.9. The molecule has 28 heavy (non-hydrogen) atoms. The van der Waals surface area contributed by atoms with Crippen LogP contribution in [0.4, 0.5) is 15.9 Å². The van der Waals surface area contributed by atoms with Gasteiger partial charge in [0, 0.05) is 0 Å². The van der Waals surface area contributed by atoms with Gasteiger partial charge in [-0.15, -0.1) is 11.3 Å². The number of carbonyl (C=O) groups is 1. The highest BCUT2D eigenvalue weighted by atomic mass is 32.1. The van der Waals surface area contributed by atoms with E-state index in [0.717, 1.165) is 54.3 Å². The van der Waals surface area contributed by atoms with Crippen LogP contribution in [0.15, 0.2) is 30.6 Å². The molecule has 1 amide bonds. The SMILES string of the molecule is CC[NH+]1CCN(c2ncnc3sc(C(=O)Nc4ccccc4F)c(C)c23)CC1. The zero-order valence-electron chi connectivity index (χ0n) is 16.0. The van der Waals surface area contributed by atoms with Crippen molar-refractivity contribution in [2.24, 2.45) is 0 Å². The van der Waals surface area contributed by atoms with Crippen LogP contribution >= 0.6 is 11.3 Å². The van der Waals surface area contributed by atoms with Crippen molar-refractivity contribution in [1.82, 2.24) is 9.97 Å². The highest BCUT2D eigenvalue weighted by Crippen LogP contribution is 2.35. The Bertz CT molecular complexity index is 1010. The second-order valence-electron chi connectivity index (χ2n) is 6.96. The second-order valence-corrected chi connectivity index (χ2v) is 7.96. The van der Waals surface area contributed by atoms with Gasteiger partial charge in [0.1, 0.15) is 22.8 Å². The molecule has 4 rings (SSSR count). The standard InChI is InChI=1S/C20H22FN5OS/c1-3-25-8-10-26(11-9-25)18-16-13(2)17(28-20(16)23-12-22-18)19(27)24-15-7-5-4-6-14(15)21/h4-7,12H,3,8-11H2,1-2H3,(H,24,27)/p+1. The lowest BCUT2D eigenvalue weighted by molar-refractivity contribution is -0.898. The van der Waals surface area contributed by atoms with Crippen molar-refractivity contribution in [3.8, 4) is 0 Å². The molecule has 3 heterocycles. The first-order chi connectivity index (χ1) is 13.6. The van der Waals surface area contributed by atoms with Crippen LogP contribution < -0.4 is 15.1 Å². The first-order valence-electron chi connectivity index (χ1n) is 9.47. The number of halogens is 1. The molecular formula is C20H23FN5OS+. The first kappa shape index (κ1) is 18.8. The van der Waals surface area contributed by atoms with Gasteiger partial charge in [0.05, 0.1) is 48.7 Å². The number of piperazine rings is 1. The number of carbonyl (C=O) groups excluding carboxylic acids is 1. The highest BCUT2D eigenvalue weighted by molar-refractivity contribution is 7.20. The second kappa shape index (κ2) is 7.81. The van der Waals surface area contributed by atoms with Gasteiger partial charge in [-0.05, 0) is 31.5 Å². The van der Waals surface area contributed by atoms with Crippen LogP contribution in [0.1, 0.15) is 22.2 Å². The number of quaternary nitrogens is 1. The number of likely N-dealkylation sites (N-methyl/N-ethyl adjacent to an activating group) is 1. The summed E-state index contributed by atoms with van der Waals surface area (Å²) in [5.41, 5.74) is 1.02. The number of rotatable bonds is 4. The minimum absolute atomic E-state index is 0.175. The monoisotopic (exact) mass is 400 g/mol. The van der Waals surface area contributed by atoms with Gasteiger partial charge in [0.2, 0.25) is 0 Å². The minimum Gasteiger partial charge on any atom is -0.345 e. The van der Waals surface area contributed by atoms with Crippen molar-refractivity contribution in [2.45, 2.75) is 13.8 Å². The molecule has 0 atom stereocenters. The van der Waals surface area contributed by atoms with E-state index in [9.17, 15) is 9.18 Å². The summed E-state index contributed by atoms with van der Waals surface area (Å²) >= 11 is 1.32. The third-order valence-corrected chi connectivity index (χ3v) is 6.50. The van der Waals surface area contributed by atoms with Crippen molar-refractivity contribution in [3.05, 3.63) is 46.9 Å². The molecule has 1 saturated heterocycles. The summed E-state index contributed by atoms with van der Waals surface area (Å²) in [5, 5.41) is 3.59. The average Bonchev–Trinajstić information content (AvgIpc) is 3.07. The van der Waals surface area contributed by atoms with E-state index in [0.29, 0.717) is 4.88 Å². The van der Waals surface area contributed by atoms with Crippen molar-refractivity contribution in [3.63, 3.8) is 0 Å². The van der Waals surface area contributed by atoms with Crippen LogP contribution in [-0.2, 0) is 0 Å². The fourth-order valence-electron chi connectivity index (χ4n) is 3.64. The van der Waals surface area contributed by atoms with E-state index in [2.05, 4.69) is 27.1 Å². The van der Waals surface area contributed by atoms with E-state index < -0.39 is 5.82 Å². The van der Waals surface area contributed by atoms with Gasteiger partial charge in [-0.2, -0.15) is 0 Å². The summed E-state index contributed by atoms with van der Waals surface area (Å²) in [6.45, 7) is 9.26. The molecule has 1 aliphatic heterocycles. The summed E-state index contributed by atoms with van der Waals surface area (Å²) in [5.74, 6) is 0.113. The number of aromatic nitrogens is 2. The van der Waals surface area contributed by atoms with Crippen LogP contribution in [0.3, 0.4) is 0 Å². The van der Waals surface area contributed by atoms with Crippen LogP contribution in [0.5, 0.6) is 0 Å². The smallest absolute Gasteiger partial charge is 0.266 e. The Balaban J connectivity index is 1.66. The number of fused-ring (bicyclic) bond motifs is 1. The van der Waals surface area contributed by atoms with Gasteiger partial charge in [-0.1, -0.05) is 12.1 Å². The summed E-state index contributed by atoms with van der Waals surface area (Å²) in [6.07, 6.45) is 1.56. The molecule has 0 radical (unpaired) electrons. The lowest BCUT2D eigenvalue weighted by Crippen LogP contribution is -3.14. The lowest BCUT2D eigenvalue weighted by Gasteiger charge is -2.32. The van der Waals surface area contributed by atoms with Crippen molar-refractivity contribution in [2.75, 3.05) is 42.9 Å². The maximum Gasteiger partial charge on any atom is 0.266 e. The Kier molecular flexibility index (Phi) is 5.23. The Morgan fingerprint density at radius 3 is 2.75 bits per heavy atom. The largest absolute Gasteiger partial charge is 0.345 e. The number of para-hydroxylation sites is 1. The summed E-state index contributed by atoms with van der Waals surface area (Å²) in [7, 11) is 0. The zero-order valence-corrected chi connectivity index (χ0v) is 16.8. The number of nitrogens with zero attached hydrogens (tertiary/aromatic N) is 3. The van der Waals surface area contributed by atoms with Crippen molar-refractivity contribution >= 4 is 39.0 Å². The Morgan fingerprint density at radius 2 is 2.04 bits per heavy atom. The maximum atomic E-state index is 13.9. The number of anilines is 2. The maximum absolute atomic E-state index is 13.9. The van der Waals surface area contributed by atoms with E-state index in [1.165, 1.54) is 17.4 Å². The fourth-order valence-corrected chi connectivity index (χ4v) is 4.68. The van der Waals surface area contributed by atoms with Gasteiger partial charge < -0.3 is 15.1 Å². The quantitative estimate of drug-likeness (QED) is 0.704. The number of thiophene rings is 1. The van der Waals surface area contributed by atoms with Crippen LogP contribution in [0.25, 0.3) is 10.2 Å². The predicted octanol–water partition coefficient (Wildman–Crippen LogP) is 2.12. The van der Waals surface area contributed by atoms with E-state index >= 15 is 0 Å². The molecule has 146 valence electrons. The molecule has 1 fully saturated rings. The molecule has 1 aliphatic rings. The van der Waals surface area contributed by atoms with Crippen molar-refractivity contribution in [1.29, 1.82) is 0 Å². The molecule has 2 N–H and O–H groups in total. The summed E-state index contributed by atoms with van der Waals surface area (Å²) in [4.78, 5) is 26.9. The molecule has 1 aromatic carbocycles. The third kappa shape index (κ3) is 3.45. The normalized spacial score (nSPS) is 15.2. The summed E-state index contributed by atoms with van der Waals surface area (Å²) in [6, 6.07) is 6.17. The number of nitrogens with one attached hydrogen (secondary N) is 2. The molecule has 0 unspecified atom stereocenters. The highest BCUT2D eigenvalue weighted by Gasteiger charge is 2.25. The number of benzene rings is 1. The topological polar surface area (TPSA) is 62.6 Å². The van der Waals surface area contributed by atoms with Crippen LogP contribution in [-0.4, -0.2) is 48.6 Å². The molecule has 0 bridgehead atoms. The van der Waals surface area contributed by atoms with Gasteiger partial charge in [0.25, 0.3) is 5.91 Å². The third-order valence-electron chi connectivity index (χ3n) is 5.31. The molecule has 8 heteroatoms. The fraction of sp³-hybridized carbons (Fsp3) is 0.350. The Hall–Kier alpha value is -2.58. The number of aryl methyl sites for hydroxylation is 1. The first-order valence-corrected chi connectivity index (χ1v) is 10.3. The average molecular weight is 401 g/mol. The molecule has 2 aromatic heterocycles. The number of amides is 1. The van der Waals surface area contributed by atoms with Gasteiger partial charge in [0.15, 0.2) is 0 Å². The van der Waals surface area contributed by atoms with E-state index in [4.69, 9.17) is 0 Å². The lowest BCUT2D eigenvalue weighted by atomic mass is 10.1. The van der Waals surface area contributed by atoms with Gasteiger partial charge >= 0.3 is 0 Å². The zero-order chi connectivity index (χ0) is 19.7. The van der Waals surface area contributed by atoms with E-state index in [1.807, 2.05) is 6.92 Å². The molecule has 0 saturated carbocycles. The van der Waals surface area contributed by atoms with Gasteiger partial charge in [-0.3, -0.25) is 4.79 Å². The van der Waals surface area contributed by atoms with Crippen molar-refractivity contribution < 1.29 is 14.1 Å². The molecule has 0 spiro atoms. The number of hydrogen-bond acceptors (Lipinski definition) is 5. The van der Waals surface area contributed by atoms with E-state index in [1.54, 1.807) is 29.4 Å². The Morgan fingerprint density at radius 1 is 1.29 bits per heavy atom. The molecule has 6 nitrogen and oxygen atoms in total. The number of hydrogen-bond donors (Lipinski definition) is 2. The van der Waals surface area contributed by atoms with Crippen LogP contribution in [0.2, 0.25) is 0 Å². The Labute approximate surface area is 167 Å². The van der Waals surface area contributed by atoms with Crippen LogP contribution in [0, 0.1) is 12.7 Å². The van der Waals surface area contributed by atoms with E-state index in [-0.39, 0.29) is 11.6 Å².